The Labute approximate surface area is 99.4 Å². The van der Waals surface area contributed by atoms with Gasteiger partial charge in [0.1, 0.15) is 0 Å². The first-order chi connectivity index (χ1) is 7.85. The van der Waals surface area contributed by atoms with Gasteiger partial charge in [-0.3, -0.25) is 0 Å². The smallest absolute Gasteiger partial charge is 0.0431 e. The maximum atomic E-state index is 8.68. The SMILES string of the molecule is NCCN(CCCCCO)CCCCCO. The monoisotopic (exact) mass is 232 g/mol. The Hall–Kier alpha value is -0.160. The first-order valence-corrected chi connectivity index (χ1v) is 6.49. The number of unbranched alkanes of at least 4 members (excludes halogenated alkanes) is 4. The van der Waals surface area contributed by atoms with E-state index < -0.39 is 0 Å². The molecule has 0 bridgehead atoms. The third-order valence-electron chi connectivity index (χ3n) is 2.71. The Bertz CT molecular complexity index is 122. The van der Waals surface area contributed by atoms with E-state index in [1.807, 2.05) is 0 Å². The number of nitrogens with two attached hydrogens (primary N) is 1. The second-order valence-electron chi connectivity index (χ2n) is 4.20. The number of aliphatic hydroxyl groups is 2. The lowest BCUT2D eigenvalue weighted by Crippen LogP contribution is -2.31. The van der Waals surface area contributed by atoms with Crippen LogP contribution in [0.1, 0.15) is 38.5 Å². The zero-order chi connectivity index (χ0) is 12.1. The van der Waals surface area contributed by atoms with E-state index in [4.69, 9.17) is 15.9 Å². The molecule has 0 spiro atoms. The Morgan fingerprint density at radius 1 is 0.688 bits per heavy atom. The normalized spacial score (nSPS) is 11.2. The van der Waals surface area contributed by atoms with Crippen LogP contribution in [-0.4, -0.2) is 54.5 Å². The summed E-state index contributed by atoms with van der Waals surface area (Å²) in [6.07, 6.45) is 6.27. The molecule has 0 saturated carbocycles. The number of hydrogen-bond donors (Lipinski definition) is 3. The number of hydrogen-bond acceptors (Lipinski definition) is 4. The molecule has 4 heteroatoms. The van der Waals surface area contributed by atoms with Gasteiger partial charge in [-0.2, -0.15) is 0 Å². The molecule has 0 aromatic carbocycles. The van der Waals surface area contributed by atoms with E-state index in [1.165, 1.54) is 0 Å². The Kier molecular flexibility index (Phi) is 12.8. The third kappa shape index (κ3) is 10.4. The highest BCUT2D eigenvalue weighted by atomic mass is 16.3. The van der Waals surface area contributed by atoms with Crippen LogP contribution in [0.4, 0.5) is 0 Å². The fourth-order valence-corrected chi connectivity index (χ4v) is 1.77. The number of aliphatic hydroxyl groups excluding tert-OH is 2. The molecule has 0 saturated heterocycles. The van der Waals surface area contributed by atoms with E-state index in [2.05, 4.69) is 4.90 Å². The average molecular weight is 232 g/mol. The summed E-state index contributed by atoms with van der Waals surface area (Å²) in [5, 5.41) is 17.4. The predicted molar refractivity (Wildman–Crippen MR) is 67.4 cm³/mol. The maximum Gasteiger partial charge on any atom is 0.0431 e. The van der Waals surface area contributed by atoms with Crippen molar-refractivity contribution < 1.29 is 10.2 Å². The van der Waals surface area contributed by atoms with Crippen molar-refractivity contribution in [2.24, 2.45) is 5.73 Å². The van der Waals surface area contributed by atoms with Crippen molar-refractivity contribution in [1.29, 1.82) is 0 Å². The quantitative estimate of drug-likeness (QED) is 0.430. The van der Waals surface area contributed by atoms with Crippen LogP contribution in [0, 0.1) is 0 Å². The highest BCUT2D eigenvalue weighted by Gasteiger charge is 2.02. The van der Waals surface area contributed by atoms with Crippen LogP contribution in [0.2, 0.25) is 0 Å². The molecule has 0 heterocycles. The first-order valence-electron chi connectivity index (χ1n) is 6.49. The van der Waals surface area contributed by atoms with E-state index >= 15 is 0 Å². The zero-order valence-electron chi connectivity index (χ0n) is 10.4. The highest BCUT2D eigenvalue weighted by Crippen LogP contribution is 2.02. The van der Waals surface area contributed by atoms with Crippen LogP contribution >= 0.6 is 0 Å². The molecular weight excluding hydrogens is 204 g/mol. The lowest BCUT2D eigenvalue weighted by molar-refractivity contribution is 0.245. The summed E-state index contributed by atoms with van der Waals surface area (Å²) in [5.74, 6) is 0. The van der Waals surface area contributed by atoms with Crippen LogP contribution in [0.5, 0.6) is 0 Å². The van der Waals surface area contributed by atoms with Gasteiger partial charge in [0.2, 0.25) is 0 Å². The minimum absolute atomic E-state index is 0.299. The number of nitrogens with zero attached hydrogens (tertiary/aromatic N) is 1. The fraction of sp³-hybridized carbons (Fsp3) is 1.00. The molecular formula is C12H28N2O2. The van der Waals surface area contributed by atoms with Gasteiger partial charge in [-0.1, -0.05) is 0 Å². The van der Waals surface area contributed by atoms with Crippen LogP contribution in [0.15, 0.2) is 0 Å². The lowest BCUT2D eigenvalue weighted by atomic mass is 10.2. The van der Waals surface area contributed by atoms with Crippen molar-refractivity contribution >= 4 is 0 Å². The van der Waals surface area contributed by atoms with E-state index in [1.54, 1.807) is 0 Å². The van der Waals surface area contributed by atoms with Gasteiger partial charge in [-0.15, -0.1) is 0 Å². The van der Waals surface area contributed by atoms with Crippen molar-refractivity contribution in [3.05, 3.63) is 0 Å². The molecule has 16 heavy (non-hydrogen) atoms. The van der Waals surface area contributed by atoms with Crippen LogP contribution in [0.3, 0.4) is 0 Å². The minimum atomic E-state index is 0.299. The summed E-state index contributed by atoms with van der Waals surface area (Å²) in [6, 6.07) is 0. The molecule has 0 amide bonds. The average Bonchev–Trinajstić information content (AvgIpc) is 2.30. The molecule has 0 aliphatic carbocycles. The van der Waals surface area contributed by atoms with Gasteiger partial charge in [0.25, 0.3) is 0 Å². The summed E-state index contributed by atoms with van der Waals surface area (Å²) in [5.41, 5.74) is 5.57. The summed E-state index contributed by atoms with van der Waals surface area (Å²) < 4.78 is 0. The predicted octanol–water partition coefficient (Wildman–Crippen LogP) is 0.572. The van der Waals surface area contributed by atoms with Crippen molar-refractivity contribution in [3.8, 4) is 0 Å². The van der Waals surface area contributed by atoms with Gasteiger partial charge in [-0.05, 0) is 51.6 Å². The van der Waals surface area contributed by atoms with Gasteiger partial charge in [0, 0.05) is 26.3 Å². The Morgan fingerprint density at radius 3 is 1.56 bits per heavy atom. The molecule has 4 nitrogen and oxygen atoms in total. The molecule has 0 atom stereocenters. The molecule has 0 aliphatic heterocycles. The molecule has 0 radical (unpaired) electrons. The molecule has 0 unspecified atom stereocenters. The van der Waals surface area contributed by atoms with E-state index in [9.17, 15) is 0 Å². The standard InChI is InChI=1S/C12H28N2O2/c13-7-10-14(8-3-1-5-11-15)9-4-2-6-12-16/h15-16H,1-13H2. The highest BCUT2D eigenvalue weighted by molar-refractivity contribution is 4.59. The van der Waals surface area contributed by atoms with E-state index in [-0.39, 0.29) is 0 Å². The largest absolute Gasteiger partial charge is 0.396 e. The fourth-order valence-electron chi connectivity index (χ4n) is 1.77. The second kappa shape index (κ2) is 12.9. The van der Waals surface area contributed by atoms with E-state index in [0.717, 1.165) is 58.2 Å². The zero-order valence-corrected chi connectivity index (χ0v) is 10.4. The molecule has 0 aromatic heterocycles. The third-order valence-corrected chi connectivity index (χ3v) is 2.71. The van der Waals surface area contributed by atoms with Crippen molar-refractivity contribution in [2.45, 2.75) is 38.5 Å². The topological polar surface area (TPSA) is 69.7 Å². The summed E-state index contributed by atoms with van der Waals surface area (Å²) in [4.78, 5) is 2.38. The van der Waals surface area contributed by atoms with Gasteiger partial charge < -0.3 is 20.8 Å². The first kappa shape index (κ1) is 15.8. The van der Waals surface area contributed by atoms with Crippen LogP contribution in [0.25, 0.3) is 0 Å². The molecule has 0 aliphatic rings. The van der Waals surface area contributed by atoms with Gasteiger partial charge in [-0.25, -0.2) is 0 Å². The maximum absolute atomic E-state index is 8.68. The molecule has 4 N–H and O–H groups in total. The van der Waals surface area contributed by atoms with E-state index in [0.29, 0.717) is 19.8 Å². The lowest BCUT2D eigenvalue weighted by Gasteiger charge is -2.21. The Balaban J connectivity index is 3.45. The summed E-state index contributed by atoms with van der Waals surface area (Å²) >= 11 is 0. The van der Waals surface area contributed by atoms with Crippen molar-refractivity contribution in [3.63, 3.8) is 0 Å². The van der Waals surface area contributed by atoms with Gasteiger partial charge in [0.15, 0.2) is 0 Å². The van der Waals surface area contributed by atoms with Gasteiger partial charge >= 0.3 is 0 Å². The number of rotatable bonds is 12. The Morgan fingerprint density at radius 2 is 1.19 bits per heavy atom. The van der Waals surface area contributed by atoms with Gasteiger partial charge in [0.05, 0.1) is 0 Å². The molecule has 0 aromatic rings. The summed E-state index contributed by atoms with van der Waals surface area (Å²) in [7, 11) is 0. The minimum Gasteiger partial charge on any atom is -0.396 e. The second-order valence-corrected chi connectivity index (χ2v) is 4.20. The molecule has 0 rings (SSSR count). The van der Waals surface area contributed by atoms with Crippen LogP contribution < -0.4 is 5.73 Å². The van der Waals surface area contributed by atoms with Crippen LogP contribution in [-0.2, 0) is 0 Å². The molecule has 98 valence electrons. The van der Waals surface area contributed by atoms with Crippen molar-refractivity contribution in [2.75, 3.05) is 39.4 Å². The summed E-state index contributed by atoms with van der Waals surface area (Å²) in [6.45, 7) is 4.42. The molecule has 0 fully saturated rings. The van der Waals surface area contributed by atoms with Crippen molar-refractivity contribution in [1.82, 2.24) is 4.90 Å².